The van der Waals surface area contributed by atoms with Crippen molar-refractivity contribution in [1.29, 1.82) is 0 Å². The highest BCUT2D eigenvalue weighted by Gasteiger charge is 2.33. The largest absolute Gasteiger partial charge is 0.395 e. The zero-order valence-corrected chi connectivity index (χ0v) is 17.6. The summed E-state index contributed by atoms with van der Waals surface area (Å²) in [6.45, 7) is 0.167. The lowest BCUT2D eigenvalue weighted by Crippen LogP contribution is -2.33. The number of hydrogen-bond acceptors (Lipinski definition) is 6. The Morgan fingerprint density at radius 2 is 1.90 bits per heavy atom. The summed E-state index contributed by atoms with van der Waals surface area (Å²) in [6, 6.07) is 12.5. The summed E-state index contributed by atoms with van der Waals surface area (Å²) in [5, 5.41) is 14.0. The molecule has 0 spiro atoms. The van der Waals surface area contributed by atoms with E-state index in [1.54, 1.807) is 17.0 Å². The molecule has 1 saturated carbocycles. The third-order valence-electron chi connectivity index (χ3n) is 5.85. The SMILES string of the molecule is O=C(C(CO)c1ccccc1)N1Cc2cn(S(=O)(=O)c3ccc(C4CC4)nc3)nc2C1. The van der Waals surface area contributed by atoms with Crippen LogP contribution in [0.1, 0.15) is 47.2 Å². The van der Waals surface area contributed by atoms with Crippen molar-refractivity contribution in [3.05, 3.63) is 77.4 Å². The number of carbonyl (C=O) groups is 1. The van der Waals surface area contributed by atoms with Gasteiger partial charge in [-0.3, -0.25) is 9.78 Å². The number of hydrogen-bond donors (Lipinski definition) is 1. The maximum atomic E-state index is 12.9. The fourth-order valence-electron chi connectivity index (χ4n) is 3.91. The molecule has 3 heterocycles. The van der Waals surface area contributed by atoms with Gasteiger partial charge in [-0.2, -0.15) is 17.6 Å². The van der Waals surface area contributed by atoms with Gasteiger partial charge in [-0.1, -0.05) is 30.3 Å². The summed E-state index contributed by atoms with van der Waals surface area (Å²) >= 11 is 0. The molecule has 1 N–H and O–H groups in total. The van der Waals surface area contributed by atoms with Gasteiger partial charge in [-0.25, -0.2) is 0 Å². The van der Waals surface area contributed by atoms with Crippen molar-refractivity contribution in [2.45, 2.75) is 42.7 Å². The van der Waals surface area contributed by atoms with Gasteiger partial charge in [0, 0.05) is 36.1 Å². The number of carbonyl (C=O) groups excluding carboxylic acids is 1. The Labute approximate surface area is 180 Å². The Morgan fingerprint density at radius 3 is 2.52 bits per heavy atom. The van der Waals surface area contributed by atoms with Crippen LogP contribution >= 0.6 is 0 Å². The number of fused-ring (bicyclic) bond motifs is 1. The number of aromatic nitrogens is 3. The molecule has 0 radical (unpaired) electrons. The molecule has 1 fully saturated rings. The second kappa shape index (κ2) is 7.58. The van der Waals surface area contributed by atoms with E-state index >= 15 is 0 Å². The normalized spacial score (nSPS) is 16.9. The zero-order valence-electron chi connectivity index (χ0n) is 16.8. The van der Waals surface area contributed by atoms with Crippen LogP contribution in [-0.4, -0.2) is 45.1 Å². The number of benzene rings is 1. The predicted molar refractivity (Wildman–Crippen MR) is 112 cm³/mol. The van der Waals surface area contributed by atoms with Gasteiger partial charge in [-0.15, -0.1) is 0 Å². The quantitative estimate of drug-likeness (QED) is 0.631. The summed E-state index contributed by atoms with van der Waals surface area (Å²) < 4.78 is 26.8. The summed E-state index contributed by atoms with van der Waals surface area (Å²) in [7, 11) is -3.84. The monoisotopic (exact) mass is 438 g/mol. The van der Waals surface area contributed by atoms with Crippen LogP contribution in [0, 0.1) is 0 Å². The third kappa shape index (κ3) is 3.64. The molecule has 0 saturated heterocycles. The van der Waals surface area contributed by atoms with Crippen molar-refractivity contribution in [3.8, 4) is 0 Å². The first-order valence-corrected chi connectivity index (χ1v) is 11.6. The number of aliphatic hydroxyl groups is 1. The van der Waals surface area contributed by atoms with Crippen molar-refractivity contribution in [1.82, 2.24) is 19.1 Å². The van der Waals surface area contributed by atoms with E-state index in [9.17, 15) is 18.3 Å². The van der Waals surface area contributed by atoms with E-state index in [1.165, 1.54) is 12.4 Å². The average molecular weight is 439 g/mol. The fraction of sp³-hybridized carbons (Fsp3) is 0.318. The average Bonchev–Trinajstić information content (AvgIpc) is 3.43. The summed E-state index contributed by atoms with van der Waals surface area (Å²) in [4.78, 5) is 18.9. The molecule has 8 nitrogen and oxygen atoms in total. The van der Waals surface area contributed by atoms with Gasteiger partial charge in [0.2, 0.25) is 5.91 Å². The van der Waals surface area contributed by atoms with E-state index in [1.807, 2.05) is 30.3 Å². The molecule has 1 unspecified atom stereocenters. The van der Waals surface area contributed by atoms with Crippen LogP contribution in [0.25, 0.3) is 0 Å². The molecule has 1 amide bonds. The molecule has 3 aromatic rings. The van der Waals surface area contributed by atoms with E-state index in [-0.39, 0.29) is 30.5 Å². The molecule has 0 bridgehead atoms. The minimum absolute atomic E-state index is 0.0930. The summed E-state index contributed by atoms with van der Waals surface area (Å²) in [5.74, 6) is -0.412. The van der Waals surface area contributed by atoms with Crippen LogP contribution in [0.15, 0.2) is 59.8 Å². The first-order chi connectivity index (χ1) is 15.0. The van der Waals surface area contributed by atoms with Crippen LogP contribution < -0.4 is 0 Å². The lowest BCUT2D eigenvalue weighted by molar-refractivity contribution is -0.134. The molecule has 1 aliphatic carbocycles. The van der Waals surface area contributed by atoms with E-state index in [4.69, 9.17) is 0 Å². The topological polar surface area (TPSA) is 105 Å². The first-order valence-electron chi connectivity index (χ1n) is 10.2. The van der Waals surface area contributed by atoms with Crippen LogP contribution in [-0.2, 0) is 27.9 Å². The van der Waals surface area contributed by atoms with Crippen molar-refractivity contribution in [2.75, 3.05) is 6.61 Å². The summed E-state index contributed by atoms with van der Waals surface area (Å²) in [5.41, 5.74) is 2.90. The smallest absolute Gasteiger partial charge is 0.284 e. The number of rotatable bonds is 6. The lowest BCUT2D eigenvalue weighted by atomic mass is 9.98. The van der Waals surface area contributed by atoms with Crippen LogP contribution in [0.2, 0.25) is 0 Å². The number of pyridine rings is 1. The second-order valence-electron chi connectivity index (χ2n) is 8.01. The van der Waals surface area contributed by atoms with Crippen molar-refractivity contribution < 1.29 is 18.3 Å². The third-order valence-corrected chi connectivity index (χ3v) is 7.37. The predicted octanol–water partition coefficient (Wildman–Crippen LogP) is 2.01. The minimum Gasteiger partial charge on any atom is -0.395 e. The Kier molecular flexibility index (Phi) is 4.86. The van der Waals surface area contributed by atoms with Gasteiger partial charge in [0.1, 0.15) is 4.90 Å². The molecule has 1 atom stereocenters. The molecule has 160 valence electrons. The maximum Gasteiger partial charge on any atom is 0.284 e. The van der Waals surface area contributed by atoms with Crippen molar-refractivity contribution >= 4 is 15.9 Å². The Hall–Kier alpha value is -3.04. The highest BCUT2D eigenvalue weighted by Crippen LogP contribution is 2.39. The van der Waals surface area contributed by atoms with Crippen molar-refractivity contribution in [3.63, 3.8) is 0 Å². The Balaban J connectivity index is 1.33. The first kappa shape index (κ1) is 19.9. The molecular formula is C22H22N4O4S. The Morgan fingerprint density at radius 1 is 1.13 bits per heavy atom. The van der Waals surface area contributed by atoms with Gasteiger partial charge in [0.25, 0.3) is 10.0 Å². The van der Waals surface area contributed by atoms with E-state index in [2.05, 4.69) is 10.1 Å². The second-order valence-corrected chi connectivity index (χ2v) is 9.81. The number of aliphatic hydroxyl groups excluding tert-OH is 1. The summed E-state index contributed by atoms with van der Waals surface area (Å²) in [6.07, 6.45) is 5.05. The molecule has 1 aliphatic heterocycles. The van der Waals surface area contributed by atoms with Crippen LogP contribution in [0.3, 0.4) is 0 Å². The van der Waals surface area contributed by atoms with Gasteiger partial charge < -0.3 is 10.0 Å². The zero-order chi connectivity index (χ0) is 21.6. The molecule has 9 heteroatoms. The fourth-order valence-corrected chi connectivity index (χ4v) is 5.03. The molecular weight excluding hydrogens is 416 g/mol. The standard InChI is InChI=1S/C22H22N4O4S/c27-14-19(15-4-2-1-3-5-15)22(28)25-11-17-12-26(24-21(17)13-25)31(29,30)18-8-9-20(23-10-18)16-6-7-16/h1-5,8-10,12,16,19,27H,6-7,11,13-14H2. The van der Waals surface area contributed by atoms with Gasteiger partial charge >= 0.3 is 0 Å². The minimum atomic E-state index is -3.84. The Bertz CT molecular complexity index is 1190. The van der Waals surface area contributed by atoms with Crippen LogP contribution in [0.4, 0.5) is 0 Å². The van der Waals surface area contributed by atoms with E-state index in [0.717, 1.165) is 28.2 Å². The lowest BCUT2D eigenvalue weighted by Gasteiger charge is -2.22. The maximum absolute atomic E-state index is 12.9. The molecule has 2 aliphatic rings. The van der Waals surface area contributed by atoms with E-state index < -0.39 is 15.9 Å². The number of nitrogens with zero attached hydrogens (tertiary/aromatic N) is 4. The molecule has 5 rings (SSSR count). The molecule has 1 aromatic carbocycles. The molecule has 2 aromatic heterocycles. The van der Waals surface area contributed by atoms with Crippen LogP contribution in [0.5, 0.6) is 0 Å². The van der Waals surface area contributed by atoms with Gasteiger partial charge in [-0.05, 0) is 30.5 Å². The van der Waals surface area contributed by atoms with Gasteiger partial charge in [0.05, 0.1) is 24.8 Å². The highest BCUT2D eigenvalue weighted by atomic mass is 32.2. The van der Waals surface area contributed by atoms with E-state index in [0.29, 0.717) is 17.2 Å². The number of amides is 1. The molecule has 31 heavy (non-hydrogen) atoms. The highest BCUT2D eigenvalue weighted by molar-refractivity contribution is 7.89. The van der Waals surface area contributed by atoms with Gasteiger partial charge in [0.15, 0.2) is 0 Å². The van der Waals surface area contributed by atoms with Crippen molar-refractivity contribution in [2.24, 2.45) is 0 Å².